The maximum Gasteiger partial charge on any atom is 0.416 e. The first-order valence-corrected chi connectivity index (χ1v) is 8.29. The van der Waals surface area contributed by atoms with Crippen molar-refractivity contribution in [1.82, 2.24) is 10.3 Å². The number of carboxylic acid groups (broad SMARTS) is 1. The minimum absolute atomic E-state index is 0.151. The molecule has 2 N–H and O–H groups in total. The van der Waals surface area contributed by atoms with E-state index in [2.05, 4.69) is 10.3 Å². The highest BCUT2D eigenvalue weighted by atomic mass is 19.4. The van der Waals surface area contributed by atoms with Gasteiger partial charge in [-0.05, 0) is 23.8 Å². The number of carboxylic acids is 1. The lowest BCUT2D eigenvalue weighted by Crippen LogP contribution is -2.42. The molecule has 144 valence electrons. The van der Waals surface area contributed by atoms with Crippen LogP contribution < -0.4 is 5.32 Å². The van der Waals surface area contributed by atoms with Gasteiger partial charge in [0.1, 0.15) is 6.04 Å². The number of nitrogens with zero attached hydrogens (tertiary/aromatic N) is 1. The number of aliphatic carboxylic acids is 1. The van der Waals surface area contributed by atoms with E-state index in [0.29, 0.717) is 10.9 Å². The number of pyridine rings is 1. The Bertz CT molecular complexity index is 1030. The van der Waals surface area contributed by atoms with E-state index in [1.54, 1.807) is 24.3 Å². The van der Waals surface area contributed by atoms with Gasteiger partial charge in [-0.25, -0.2) is 4.79 Å². The van der Waals surface area contributed by atoms with Crippen molar-refractivity contribution >= 4 is 22.8 Å². The predicted molar refractivity (Wildman–Crippen MR) is 95.8 cm³/mol. The van der Waals surface area contributed by atoms with E-state index in [1.165, 1.54) is 24.4 Å². The molecule has 1 aromatic heterocycles. The maximum atomic E-state index is 12.9. The van der Waals surface area contributed by atoms with Crippen LogP contribution in [0.2, 0.25) is 0 Å². The van der Waals surface area contributed by atoms with Gasteiger partial charge in [0.15, 0.2) is 0 Å². The molecule has 0 spiro atoms. The third-order valence-corrected chi connectivity index (χ3v) is 4.17. The summed E-state index contributed by atoms with van der Waals surface area (Å²) in [5, 5.41) is 12.5. The van der Waals surface area contributed by atoms with Crippen molar-refractivity contribution in [2.24, 2.45) is 0 Å². The van der Waals surface area contributed by atoms with Gasteiger partial charge < -0.3 is 10.4 Å². The summed E-state index contributed by atoms with van der Waals surface area (Å²) in [6, 6.07) is 11.3. The first kappa shape index (κ1) is 19.3. The third kappa shape index (κ3) is 4.28. The number of para-hydroxylation sites is 1. The second-order valence-electron chi connectivity index (χ2n) is 6.15. The number of amides is 1. The van der Waals surface area contributed by atoms with Crippen LogP contribution in [-0.2, 0) is 17.4 Å². The fourth-order valence-electron chi connectivity index (χ4n) is 2.83. The fraction of sp³-hybridized carbons (Fsp3) is 0.150. The molecular weight excluding hydrogens is 373 g/mol. The van der Waals surface area contributed by atoms with Crippen LogP contribution in [0.3, 0.4) is 0 Å². The summed E-state index contributed by atoms with van der Waals surface area (Å²) in [5.41, 5.74) is -0.128. The number of carbonyl (C=O) groups is 2. The number of hydrogen-bond acceptors (Lipinski definition) is 3. The molecular formula is C20H15F3N2O3. The van der Waals surface area contributed by atoms with Crippen LogP contribution in [0.25, 0.3) is 10.9 Å². The Morgan fingerprint density at radius 1 is 1.07 bits per heavy atom. The van der Waals surface area contributed by atoms with Crippen LogP contribution in [0.1, 0.15) is 21.5 Å². The monoisotopic (exact) mass is 388 g/mol. The van der Waals surface area contributed by atoms with Crippen molar-refractivity contribution in [3.05, 3.63) is 77.5 Å². The van der Waals surface area contributed by atoms with Gasteiger partial charge >= 0.3 is 12.1 Å². The summed E-state index contributed by atoms with van der Waals surface area (Å²) in [6.45, 7) is 0. The van der Waals surface area contributed by atoms with E-state index < -0.39 is 29.7 Å². The van der Waals surface area contributed by atoms with Crippen molar-refractivity contribution in [3.63, 3.8) is 0 Å². The quantitative estimate of drug-likeness (QED) is 0.699. The van der Waals surface area contributed by atoms with Crippen LogP contribution >= 0.6 is 0 Å². The molecule has 0 radical (unpaired) electrons. The van der Waals surface area contributed by atoms with Crippen molar-refractivity contribution in [2.45, 2.75) is 18.6 Å². The molecule has 0 bridgehead atoms. The van der Waals surface area contributed by atoms with Crippen LogP contribution in [0, 0.1) is 0 Å². The smallest absolute Gasteiger partial charge is 0.416 e. The molecule has 5 nitrogen and oxygen atoms in total. The molecule has 3 aromatic rings. The molecule has 2 aromatic carbocycles. The van der Waals surface area contributed by atoms with Gasteiger partial charge in [-0.3, -0.25) is 9.78 Å². The molecule has 0 saturated carbocycles. The molecule has 1 heterocycles. The predicted octanol–water partition coefficient (Wildman–Crippen LogP) is 3.68. The molecule has 0 unspecified atom stereocenters. The first-order valence-electron chi connectivity index (χ1n) is 8.29. The van der Waals surface area contributed by atoms with Gasteiger partial charge in [0.25, 0.3) is 5.91 Å². The Morgan fingerprint density at radius 2 is 1.79 bits per heavy atom. The van der Waals surface area contributed by atoms with Crippen molar-refractivity contribution in [3.8, 4) is 0 Å². The fourth-order valence-corrected chi connectivity index (χ4v) is 2.83. The molecule has 28 heavy (non-hydrogen) atoms. The Kier molecular flexibility index (Phi) is 5.30. The summed E-state index contributed by atoms with van der Waals surface area (Å²) in [6.07, 6.45) is -3.31. The number of hydrogen-bond donors (Lipinski definition) is 2. The second kappa shape index (κ2) is 7.67. The van der Waals surface area contributed by atoms with Gasteiger partial charge in [0.05, 0.1) is 16.6 Å². The summed E-state index contributed by atoms with van der Waals surface area (Å²) in [7, 11) is 0. The standard InChI is InChI=1S/C20H15F3N2O3/c21-20(22,23)14-7-1-4-12(10-14)11-16(19(27)28)25-18(26)15-8-2-5-13-6-3-9-24-17(13)15/h1-10,16H,11H2,(H,25,26)(H,27,28)/t16-/m0/s1. The van der Waals surface area contributed by atoms with Gasteiger partial charge in [-0.1, -0.05) is 36.4 Å². The molecule has 0 saturated heterocycles. The van der Waals surface area contributed by atoms with Crippen LogP contribution in [0.15, 0.2) is 60.8 Å². The highest BCUT2D eigenvalue weighted by Crippen LogP contribution is 2.29. The maximum absolute atomic E-state index is 12.9. The summed E-state index contributed by atoms with van der Waals surface area (Å²) in [5.74, 6) is -2.01. The van der Waals surface area contributed by atoms with Gasteiger partial charge in [-0.2, -0.15) is 13.2 Å². The number of rotatable bonds is 5. The zero-order chi connectivity index (χ0) is 20.3. The van der Waals surface area contributed by atoms with E-state index in [1.807, 2.05) is 0 Å². The minimum Gasteiger partial charge on any atom is -0.480 e. The molecule has 0 fully saturated rings. The van der Waals surface area contributed by atoms with Crippen molar-refractivity contribution in [2.75, 3.05) is 0 Å². The number of nitrogens with one attached hydrogen (secondary N) is 1. The van der Waals surface area contributed by atoms with Crippen LogP contribution in [0.4, 0.5) is 13.2 Å². The molecule has 0 aliphatic rings. The molecule has 0 aliphatic heterocycles. The van der Waals surface area contributed by atoms with E-state index in [0.717, 1.165) is 12.1 Å². The Labute approximate surface area is 157 Å². The third-order valence-electron chi connectivity index (χ3n) is 4.17. The van der Waals surface area contributed by atoms with Crippen molar-refractivity contribution in [1.29, 1.82) is 0 Å². The topological polar surface area (TPSA) is 79.3 Å². The molecule has 3 rings (SSSR count). The van der Waals surface area contributed by atoms with E-state index in [9.17, 15) is 27.9 Å². The first-order chi connectivity index (χ1) is 13.3. The summed E-state index contributed by atoms with van der Waals surface area (Å²) >= 11 is 0. The minimum atomic E-state index is -4.54. The highest BCUT2D eigenvalue weighted by molar-refractivity contribution is 6.06. The zero-order valence-electron chi connectivity index (χ0n) is 14.4. The van der Waals surface area contributed by atoms with E-state index in [-0.39, 0.29) is 17.5 Å². The van der Waals surface area contributed by atoms with Gasteiger partial charge in [-0.15, -0.1) is 0 Å². The number of benzene rings is 2. The van der Waals surface area contributed by atoms with Crippen molar-refractivity contribution < 1.29 is 27.9 Å². The second-order valence-corrected chi connectivity index (χ2v) is 6.15. The van der Waals surface area contributed by atoms with Gasteiger partial charge in [0.2, 0.25) is 0 Å². The lowest BCUT2D eigenvalue weighted by atomic mass is 10.0. The normalized spacial score (nSPS) is 12.5. The highest BCUT2D eigenvalue weighted by Gasteiger charge is 2.31. The molecule has 1 amide bonds. The van der Waals surface area contributed by atoms with E-state index in [4.69, 9.17) is 0 Å². The summed E-state index contributed by atoms with van der Waals surface area (Å²) in [4.78, 5) is 28.3. The Hall–Kier alpha value is -3.42. The molecule has 8 heteroatoms. The van der Waals surface area contributed by atoms with Gasteiger partial charge in [0, 0.05) is 18.0 Å². The summed E-state index contributed by atoms with van der Waals surface area (Å²) < 4.78 is 38.6. The zero-order valence-corrected chi connectivity index (χ0v) is 14.4. The van der Waals surface area contributed by atoms with E-state index >= 15 is 0 Å². The lowest BCUT2D eigenvalue weighted by molar-refractivity contribution is -0.139. The number of alkyl halides is 3. The number of aromatic nitrogens is 1. The SMILES string of the molecule is O=C(N[C@@H](Cc1cccc(C(F)(F)F)c1)C(=O)O)c1cccc2cccnc12. The average molecular weight is 388 g/mol. The molecule has 1 atom stereocenters. The Balaban J connectivity index is 1.84. The number of halogens is 3. The Morgan fingerprint density at radius 3 is 2.50 bits per heavy atom. The largest absolute Gasteiger partial charge is 0.480 e. The molecule has 0 aliphatic carbocycles. The van der Waals surface area contributed by atoms with Crippen LogP contribution in [-0.4, -0.2) is 28.0 Å². The number of carbonyl (C=O) groups excluding carboxylic acids is 1. The number of fused-ring (bicyclic) bond motifs is 1. The lowest BCUT2D eigenvalue weighted by Gasteiger charge is -2.16. The van der Waals surface area contributed by atoms with Crippen LogP contribution in [0.5, 0.6) is 0 Å². The average Bonchev–Trinajstić information content (AvgIpc) is 2.66.